The molecule has 3 aromatic heterocycles. The molecule has 11 nitrogen and oxygen atoms in total. The van der Waals surface area contributed by atoms with Gasteiger partial charge in [-0.2, -0.15) is 5.10 Å². The van der Waals surface area contributed by atoms with Crippen LogP contribution in [-0.4, -0.2) is 61.0 Å². The number of aryl methyl sites for hydroxylation is 2. The zero-order valence-electron chi connectivity index (χ0n) is 17.6. The molecule has 166 valence electrons. The molecule has 0 aromatic carbocycles. The molecule has 0 atom stereocenters. The van der Waals surface area contributed by atoms with E-state index < -0.39 is 17.6 Å². The Bertz CT molecular complexity index is 1280. The normalized spacial score (nSPS) is 14.3. The lowest BCUT2D eigenvalue weighted by Crippen LogP contribution is -2.38. The molecule has 0 radical (unpaired) electrons. The van der Waals surface area contributed by atoms with Crippen LogP contribution in [0.5, 0.6) is 0 Å². The van der Waals surface area contributed by atoms with Crippen LogP contribution >= 0.6 is 11.3 Å². The average molecular weight is 456 g/mol. The maximum Gasteiger partial charge on any atom is 0.410 e. The summed E-state index contributed by atoms with van der Waals surface area (Å²) in [5.74, 6) is 2.22. The topological polar surface area (TPSA) is 124 Å². The van der Waals surface area contributed by atoms with E-state index in [4.69, 9.17) is 11.2 Å². The van der Waals surface area contributed by atoms with Crippen LogP contribution < -0.4 is 11.0 Å². The van der Waals surface area contributed by atoms with Crippen molar-refractivity contribution in [3.63, 3.8) is 0 Å². The SMILES string of the molecule is C#CCOC(=O)N1CCC(c2nc(C(=O)Nn3c(C)nc4nn(C)cc4c3=O)cs2)CC1. The number of thiazole rings is 1. The minimum Gasteiger partial charge on any atom is -0.436 e. The molecule has 3 aromatic rings. The number of hydrogen-bond acceptors (Lipinski definition) is 8. The van der Waals surface area contributed by atoms with E-state index in [9.17, 15) is 14.4 Å². The molecule has 12 heteroatoms. The minimum atomic E-state index is -0.502. The summed E-state index contributed by atoms with van der Waals surface area (Å²) in [6.07, 6.45) is 7.67. The van der Waals surface area contributed by atoms with Crippen LogP contribution in [0.4, 0.5) is 4.79 Å². The molecule has 1 aliphatic rings. The maximum absolute atomic E-state index is 12.7. The highest BCUT2D eigenvalue weighted by Gasteiger charge is 2.27. The molecule has 1 aliphatic heterocycles. The highest BCUT2D eigenvalue weighted by molar-refractivity contribution is 7.09. The lowest BCUT2D eigenvalue weighted by atomic mass is 9.98. The largest absolute Gasteiger partial charge is 0.436 e. The Morgan fingerprint density at radius 3 is 2.81 bits per heavy atom. The summed E-state index contributed by atoms with van der Waals surface area (Å²) in [5.41, 5.74) is 2.72. The van der Waals surface area contributed by atoms with Crippen molar-refractivity contribution < 1.29 is 14.3 Å². The molecule has 1 fully saturated rings. The fraction of sp³-hybridized carbons (Fsp3) is 0.400. The Morgan fingerprint density at radius 1 is 1.34 bits per heavy atom. The number of fused-ring (bicyclic) bond motifs is 1. The summed E-state index contributed by atoms with van der Waals surface area (Å²) >= 11 is 1.38. The van der Waals surface area contributed by atoms with Crippen LogP contribution in [0.2, 0.25) is 0 Å². The number of piperidine rings is 1. The molecule has 32 heavy (non-hydrogen) atoms. The summed E-state index contributed by atoms with van der Waals surface area (Å²) < 4.78 is 7.56. The van der Waals surface area contributed by atoms with E-state index in [1.54, 1.807) is 30.4 Å². The van der Waals surface area contributed by atoms with Crippen LogP contribution in [-0.2, 0) is 11.8 Å². The Hall–Kier alpha value is -3.72. The fourth-order valence-corrected chi connectivity index (χ4v) is 4.53. The number of hydrogen-bond donors (Lipinski definition) is 1. The second kappa shape index (κ2) is 8.80. The van der Waals surface area contributed by atoms with Crippen molar-refractivity contribution in [3.05, 3.63) is 38.5 Å². The quantitative estimate of drug-likeness (QED) is 0.587. The number of ether oxygens (including phenoxy) is 1. The van der Waals surface area contributed by atoms with Crippen LogP contribution in [0.1, 0.15) is 40.1 Å². The molecule has 0 spiro atoms. The monoisotopic (exact) mass is 455 g/mol. The second-order valence-corrected chi connectivity index (χ2v) is 8.26. The molecular formula is C20H21N7O4S. The zero-order valence-corrected chi connectivity index (χ0v) is 18.4. The second-order valence-electron chi connectivity index (χ2n) is 7.37. The van der Waals surface area contributed by atoms with Crippen LogP contribution in [0.15, 0.2) is 16.4 Å². The third kappa shape index (κ3) is 4.19. The van der Waals surface area contributed by atoms with Gasteiger partial charge < -0.3 is 9.64 Å². The Labute approximate surface area is 187 Å². The molecule has 4 heterocycles. The summed E-state index contributed by atoms with van der Waals surface area (Å²) in [7, 11) is 1.70. The average Bonchev–Trinajstić information content (AvgIpc) is 3.42. The van der Waals surface area contributed by atoms with E-state index >= 15 is 0 Å². The Balaban J connectivity index is 1.43. The summed E-state index contributed by atoms with van der Waals surface area (Å²) in [6, 6.07) is 0. The van der Waals surface area contributed by atoms with Crippen LogP contribution in [0, 0.1) is 19.3 Å². The molecule has 0 unspecified atom stereocenters. The third-order valence-corrected chi connectivity index (χ3v) is 6.19. The predicted molar refractivity (Wildman–Crippen MR) is 117 cm³/mol. The van der Waals surface area contributed by atoms with Gasteiger partial charge in [-0.1, -0.05) is 5.92 Å². The fourth-order valence-electron chi connectivity index (χ4n) is 3.55. The number of likely N-dealkylation sites (tertiary alicyclic amines) is 1. The lowest BCUT2D eigenvalue weighted by Gasteiger charge is -2.30. The molecular weight excluding hydrogens is 434 g/mol. The van der Waals surface area contributed by atoms with Gasteiger partial charge in [0.05, 0.1) is 5.01 Å². The van der Waals surface area contributed by atoms with Gasteiger partial charge in [-0.25, -0.2) is 19.4 Å². The molecule has 4 rings (SSSR count). The number of rotatable bonds is 4. The van der Waals surface area contributed by atoms with Gasteiger partial charge in [0, 0.05) is 37.6 Å². The molecule has 2 amide bonds. The Kier molecular flexibility index (Phi) is 5.91. The highest BCUT2D eigenvalue weighted by Crippen LogP contribution is 2.30. The third-order valence-electron chi connectivity index (χ3n) is 5.18. The van der Waals surface area contributed by atoms with Gasteiger partial charge in [0.1, 0.15) is 16.9 Å². The van der Waals surface area contributed by atoms with Crippen molar-refractivity contribution in [2.75, 3.05) is 25.1 Å². The van der Waals surface area contributed by atoms with Crippen LogP contribution in [0.3, 0.4) is 0 Å². The van der Waals surface area contributed by atoms with Crippen molar-refractivity contribution in [2.24, 2.45) is 7.05 Å². The van der Waals surface area contributed by atoms with Gasteiger partial charge >= 0.3 is 6.09 Å². The molecule has 1 saturated heterocycles. The summed E-state index contributed by atoms with van der Waals surface area (Å²) in [5, 5.41) is 6.91. The number of carbonyl (C=O) groups excluding carboxylic acids is 2. The number of aromatic nitrogens is 5. The van der Waals surface area contributed by atoms with Gasteiger partial charge in [0.15, 0.2) is 12.3 Å². The first-order valence-electron chi connectivity index (χ1n) is 9.92. The van der Waals surface area contributed by atoms with Crippen molar-refractivity contribution in [3.8, 4) is 12.3 Å². The Morgan fingerprint density at radius 2 is 2.09 bits per heavy atom. The number of amides is 2. The number of carbonyl (C=O) groups is 2. The van der Waals surface area contributed by atoms with Gasteiger partial charge in [0.25, 0.3) is 11.5 Å². The minimum absolute atomic E-state index is 0.0461. The number of nitrogens with one attached hydrogen (secondary N) is 1. The van der Waals surface area contributed by atoms with Crippen molar-refractivity contribution >= 4 is 34.4 Å². The highest BCUT2D eigenvalue weighted by atomic mass is 32.1. The molecule has 0 aliphatic carbocycles. The smallest absolute Gasteiger partial charge is 0.410 e. The standard InChI is InChI=1S/C20H21N7O4S/c1-4-9-31-20(30)26-7-5-13(6-8-26)18-22-15(11-32-18)17(28)24-27-12(2)21-16-14(19(27)29)10-25(3)23-16/h1,10-11,13H,5-9H2,2-3H3,(H,24,28). The number of nitrogens with zero attached hydrogens (tertiary/aromatic N) is 6. The van der Waals surface area contributed by atoms with Crippen molar-refractivity contribution in [1.29, 1.82) is 0 Å². The van der Waals surface area contributed by atoms with Crippen molar-refractivity contribution in [1.82, 2.24) is 29.3 Å². The zero-order chi connectivity index (χ0) is 22.8. The van der Waals surface area contributed by atoms with E-state index in [-0.39, 0.29) is 18.2 Å². The molecule has 0 saturated carbocycles. The van der Waals surface area contributed by atoms with Gasteiger partial charge in [-0.05, 0) is 19.8 Å². The van der Waals surface area contributed by atoms with E-state index in [1.165, 1.54) is 16.0 Å². The number of terminal acetylenes is 1. The van der Waals surface area contributed by atoms with Crippen LogP contribution in [0.25, 0.3) is 11.0 Å². The predicted octanol–water partition coefficient (Wildman–Crippen LogP) is 1.23. The van der Waals surface area contributed by atoms with Crippen molar-refractivity contribution in [2.45, 2.75) is 25.7 Å². The van der Waals surface area contributed by atoms with E-state index in [2.05, 4.69) is 26.4 Å². The first kappa shape index (κ1) is 21.5. The van der Waals surface area contributed by atoms with E-state index in [0.717, 1.165) is 9.68 Å². The van der Waals surface area contributed by atoms with E-state index in [0.29, 0.717) is 42.8 Å². The first-order chi connectivity index (χ1) is 15.4. The molecule has 0 bridgehead atoms. The van der Waals surface area contributed by atoms with E-state index in [1.807, 2.05) is 0 Å². The van der Waals surface area contributed by atoms with Gasteiger partial charge in [-0.3, -0.25) is 19.7 Å². The summed E-state index contributed by atoms with van der Waals surface area (Å²) in [6.45, 7) is 2.63. The molecule has 1 N–H and O–H groups in total. The first-order valence-corrected chi connectivity index (χ1v) is 10.8. The lowest BCUT2D eigenvalue weighted by molar-refractivity contribution is 0.100. The van der Waals surface area contributed by atoms with Gasteiger partial charge in [0.2, 0.25) is 0 Å². The maximum atomic E-state index is 12.7. The van der Waals surface area contributed by atoms with Gasteiger partial charge in [-0.15, -0.1) is 17.8 Å². The summed E-state index contributed by atoms with van der Waals surface area (Å²) in [4.78, 5) is 47.7.